The molecule has 1 fully saturated rings. The maximum absolute atomic E-state index is 9.85. The molecule has 0 amide bonds. The van der Waals surface area contributed by atoms with Crippen LogP contribution < -0.4 is 0 Å². The number of rotatable bonds is 2. The Bertz CT molecular complexity index is 337. The molecule has 2 atom stereocenters. The van der Waals surface area contributed by atoms with Crippen LogP contribution in [0.3, 0.4) is 0 Å². The topological polar surface area (TPSA) is 43.7 Å². The van der Waals surface area contributed by atoms with E-state index in [1.807, 2.05) is 18.2 Å². The van der Waals surface area contributed by atoms with Crippen molar-refractivity contribution in [1.82, 2.24) is 4.90 Å². The minimum absolute atomic E-state index is 0.544. The van der Waals surface area contributed by atoms with Gasteiger partial charge in [0.2, 0.25) is 0 Å². The van der Waals surface area contributed by atoms with Crippen LogP contribution in [0.1, 0.15) is 18.9 Å². The molecule has 1 aromatic carbocycles. The summed E-state index contributed by atoms with van der Waals surface area (Å²) in [6, 6.07) is 10.2. The number of benzene rings is 1. The monoisotopic (exact) mass is 221 g/mol. The molecule has 16 heavy (non-hydrogen) atoms. The lowest BCUT2D eigenvalue weighted by atomic mass is 9.90. The predicted molar refractivity (Wildman–Crippen MR) is 63.0 cm³/mol. The van der Waals surface area contributed by atoms with Gasteiger partial charge in [-0.1, -0.05) is 30.3 Å². The molecule has 0 unspecified atom stereocenters. The largest absolute Gasteiger partial charge is 0.389 e. The molecule has 1 aromatic rings. The van der Waals surface area contributed by atoms with E-state index in [0.29, 0.717) is 13.0 Å². The fraction of sp³-hybridized carbons (Fsp3) is 0.538. The Morgan fingerprint density at radius 3 is 2.69 bits per heavy atom. The van der Waals surface area contributed by atoms with Crippen LogP contribution in [-0.2, 0) is 6.54 Å². The molecule has 2 N–H and O–H groups in total. The van der Waals surface area contributed by atoms with Crippen LogP contribution in [0.4, 0.5) is 0 Å². The molecular formula is C13H19NO2. The van der Waals surface area contributed by atoms with Crippen molar-refractivity contribution < 1.29 is 10.2 Å². The molecule has 1 aliphatic rings. The normalized spacial score (nSPS) is 31.6. The van der Waals surface area contributed by atoms with E-state index in [1.165, 1.54) is 5.56 Å². The Morgan fingerprint density at radius 2 is 2.06 bits per heavy atom. The quantitative estimate of drug-likeness (QED) is 0.783. The molecule has 3 heteroatoms. The lowest BCUT2D eigenvalue weighted by molar-refractivity contribution is -0.108. The molecule has 0 aliphatic carbocycles. The van der Waals surface area contributed by atoms with Gasteiger partial charge in [0.1, 0.15) is 0 Å². The van der Waals surface area contributed by atoms with Gasteiger partial charge in [-0.3, -0.25) is 4.90 Å². The van der Waals surface area contributed by atoms with Crippen molar-refractivity contribution in [3.63, 3.8) is 0 Å². The van der Waals surface area contributed by atoms with Crippen LogP contribution in [0.2, 0.25) is 0 Å². The van der Waals surface area contributed by atoms with Gasteiger partial charge in [0.25, 0.3) is 0 Å². The van der Waals surface area contributed by atoms with E-state index in [2.05, 4.69) is 17.0 Å². The third kappa shape index (κ3) is 2.61. The van der Waals surface area contributed by atoms with Gasteiger partial charge in [0, 0.05) is 19.6 Å². The summed E-state index contributed by atoms with van der Waals surface area (Å²) in [4.78, 5) is 2.18. The minimum atomic E-state index is -0.923. The van der Waals surface area contributed by atoms with Crippen molar-refractivity contribution in [2.24, 2.45) is 0 Å². The predicted octanol–water partition coefficient (Wildman–Crippen LogP) is 1.00. The van der Waals surface area contributed by atoms with Gasteiger partial charge in [-0.15, -0.1) is 0 Å². The molecule has 1 heterocycles. The number of hydrogen-bond donors (Lipinski definition) is 2. The van der Waals surface area contributed by atoms with Gasteiger partial charge in [0.05, 0.1) is 11.7 Å². The van der Waals surface area contributed by atoms with Crippen LogP contribution in [0.5, 0.6) is 0 Å². The third-order valence-electron chi connectivity index (χ3n) is 3.33. The summed E-state index contributed by atoms with van der Waals surface area (Å²) in [5.41, 5.74) is 0.323. The Hall–Kier alpha value is -0.900. The number of likely N-dealkylation sites (tertiary alicyclic amines) is 1. The van der Waals surface area contributed by atoms with E-state index in [9.17, 15) is 10.2 Å². The number of hydrogen-bond acceptors (Lipinski definition) is 3. The highest BCUT2D eigenvalue weighted by molar-refractivity contribution is 5.14. The molecule has 0 bridgehead atoms. The fourth-order valence-corrected chi connectivity index (χ4v) is 2.07. The summed E-state index contributed by atoms with van der Waals surface area (Å²) in [6.07, 6.45) is -0.0222. The van der Waals surface area contributed by atoms with Crippen LogP contribution in [-0.4, -0.2) is 39.9 Å². The van der Waals surface area contributed by atoms with E-state index in [1.54, 1.807) is 6.92 Å². The summed E-state index contributed by atoms with van der Waals surface area (Å²) in [5, 5.41) is 19.6. The second-order valence-corrected chi connectivity index (χ2v) is 4.84. The van der Waals surface area contributed by atoms with Crippen LogP contribution in [0.15, 0.2) is 30.3 Å². The molecule has 1 aliphatic heterocycles. The van der Waals surface area contributed by atoms with Gasteiger partial charge < -0.3 is 10.2 Å². The second-order valence-electron chi connectivity index (χ2n) is 4.84. The summed E-state index contributed by atoms with van der Waals surface area (Å²) in [5.74, 6) is 0. The molecule has 1 saturated heterocycles. The summed E-state index contributed by atoms with van der Waals surface area (Å²) in [7, 11) is 0. The van der Waals surface area contributed by atoms with E-state index in [-0.39, 0.29) is 0 Å². The first-order chi connectivity index (χ1) is 7.58. The Morgan fingerprint density at radius 1 is 1.38 bits per heavy atom. The minimum Gasteiger partial charge on any atom is -0.389 e. The zero-order chi connectivity index (χ0) is 11.6. The standard InChI is InChI=1S/C13H19NO2/c1-13(16)7-8-14(10-12(13)15)9-11-5-3-2-4-6-11/h2-6,12,15-16H,7-10H2,1H3/t12-,13-/m1/s1. The van der Waals surface area contributed by atoms with Crippen LogP contribution >= 0.6 is 0 Å². The van der Waals surface area contributed by atoms with E-state index in [0.717, 1.165) is 13.1 Å². The maximum atomic E-state index is 9.85. The number of β-amino-alcohol motifs (C(OH)–C–C–N with tert-alkyl or cyclic N) is 1. The Balaban J connectivity index is 1.94. The molecule has 0 saturated carbocycles. The first-order valence-corrected chi connectivity index (χ1v) is 5.75. The van der Waals surface area contributed by atoms with Crippen molar-refractivity contribution >= 4 is 0 Å². The van der Waals surface area contributed by atoms with Gasteiger partial charge in [-0.05, 0) is 18.9 Å². The molecule has 2 rings (SSSR count). The zero-order valence-corrected chi connectivity index (χ0v) is 9.63. The Labute approximate surface area is 96.3 Å². The second kappa shape index (κ2) is 4.53. The van der Waals surface area contributed by atoms with E-state index < -0.39 is 11.7 Å². The van der Waals surface area contributed by atoms with Crippen molar-refractivity contribution in [2.75, 3.05) is 13.1 Å². The third-order valence-corrected chi connectivity index (χ3v) is 3.33. The summed E-state index contributed by atoms with van der Waals surface area (Å²) >= 11 is 0. The molecular weight excluding hydrogens is 202 g/mol. The highest BCUT2D eigenvalue weighted by atomic mass is 16.3. The number of aliphatic hydroxyl groups excluding tert-OH is 1. The molecule has 88 valence electrons. The molecule has 3 nitrogen and oxygen atoms in total. The first kappa shape index (κ1) is 11.6. The number of aliphatic hydroxyl groups is 2. The van der Waals surface area contributed by atoms with Gasteiger partial charge in [-0.2, -0.15) is 0 Å². The number of piperidine rings is 1. The SMILES string of the molecule is C[C@@]1(O)CCN(Cc2ccccc2)C[C@H]1O. The van der Waals surface area contributed by atoms with Crippen LogP contribution in [0, 0.1) is 0 Å². The lowest BCUT2D eigenvalue weighted by Crippen LogP contribution is -2.53. The summed E-state index contributed by atoms with van der Waals surface area (Å²) in [6.45, 7) is 3.92. The van der Waals surface area contributed by atoms with Gasteiger partial charge >= 0.3 is 0 Å². The average molecular weight is 221 g/mol. The Kier molecular flexibility index (Phi) is 3.28. The van der Waals surface area contributed by atoms with Crippen LogP contribution in [0.25, 0.3) is 0 Å². The zero-order valence-electron chi connectivity index (χ0n) is 9.63. The summed E-state index contributed by atoms with van der Waals surface area (Å²) < 4.78 is 0. The van der Waals surface area contributed by atoms with Crippen molar-refractivity contribution in [2.45, 2.75) is 31.6 Å². The molecule has 0 spiro atoms. The van der Waals surface area contributed by atoms with Gasteiger partial charge in [0.15, 0.2) is 0 Å². The maximum Gasteiger partial charge on any atom is 0.0951 e. The molecule has 0 radical (unpaired) electrons. The highest BCUT2D eigenvalue weighted by Gasteiger charge is 2.35. The smallest absolute Gasteiger partial charge is 0.0951 e. The average Bonchev–Trinajstić information content (AvgIpc) is 2.26. The first-order valence-electron chi connectivity index (χ1n) is 5.75. The van der Waals surface area contributed by atoms with Crippen molar-refractivity contribution in [1.29, 1.82) is 0 Å². The molecule has 0 aromatic heterocycles. The number of nitrogens with zero attached hydrogens (tertiary/aromatic N) is 1. The van der Waals surface area contributed by atoms with Crippen molar-refractivity contribution in [3.05, 3.63) is 35.9 Å². The lowest BCUT2D eigenvalue weighted by Gasteiger charge is -2.39. The van der Waals surface area contributed by atoms with E-state index >= 15 is 0 Å². The highest BCUT2D eigenvalue weighted by Crippen LogP contribution is 2.22. The van der Waals surface area contributed by atoms with Gasteiger partial charge in [-0.25, -0.2) is 0 Å². The van der Waals surface area contributed by atoms with E-state index in [4.69, 9.17) is 0 Å². The van der Waals surface area contributed by atoms with Crippen molar-refractivity contribution in [3.8, 4) is 0 Å². The fourth-order valence-electron chi connectivity index (χ4n) is 2.07.